The van der Waals surface area contributed by atoms with Gasteiger partial charge in [-0.05, 0) is 43.5 Å². The number of rotatable bonds is 5. The van der Waals surface area contributed by atoms with Crippen LogP contribution in [0.5, 0.6) is 0 Å². The van der Waals surface area contributed by atoms with Crippen LogP contribution in [-0.2, 0) is 9.53 Å². The highest BCUT2D eigenvalue weighted by atomic mass is 32.2. The lowest BCUT2D eigenvalue weighted by atomic mass is 10.1. The molecule has 22 heavy (non-hydrogen) atoms. The van der Waals surface area contributed by atoms with Gasteiger partial charge in [-0.2, -0.15) is 0 Å². The zero-order valence-electron chi connectivity index (χ0n) is 13.2. The molecule has 5 heteroatoms. The van der Waals surface area contributed by atoms with Crippen LogP contribution in [0.25, 0.3) is 0 Å². The molecule has 0 radical (unpaired) electrons. The minimum Gasteiger partial charge on any atom is -0.510 e. The van der Waals surface area contributed by atoms with E-state index in [9.17, 15) is 9.90 Å². The van der Waals surface area contributed by atoms with Gasteiger partial charge in [0.15, 0.2) is 0 Å². The van der Waals surface area contributed by atoms with Crippen LogP contribution in [-0.4, -0.2) is 28.5 Å². The second-order valence-corrected chi connectivity index (χ2v) is 6.25. The zero-order valence-corrected chi connectivity index (χ0v) is 14.0. The highest BCUT2D eigenvalue weighted by Crippen LogP contribution is 2.30. The average Bonchev–Trinajstić information content (AvgIpc) is 2.84. The van der Waals surface area contributed by atoms with Crippen LogP contribution in [0, 0.1) is 13.8 Å². The van der Waals surface area contributed by atoms with Crippen molar-refractivity contribution in [2.75, 3.05) is 12.4 Å². The Morgan fingerprint density at radius 2 is 2.14 bits per heavy atom. The van der Waals surface area contributed by atoms with E-state index in [0.29, 0.717) is 17.4 Å². The zero-order chi connectivity index (χ0) is 16.1. The molecule has 0 fully saturated rings. The third-order valence-electron chi connectivity index (χ3n) is 3.50. The minimum absolute atomic E-state index is 0.0501. The Hall–Kier alpha value is -1.75. The van der Waals surface area contributed by atoms with E-state index in [1.807, 2.05) is 39.0 Å². The lowest BCUT2D eigenvalue weighted by molar-refractivity contribution is -0.138. The van der Waals surface area contributed by atoms with Crippen LogP contribution >= 0.6 is 11.8 Å². The topological polar surface area (TPSA) is 58.9 Å². The minimum atomic E-state index is -0.487. The number of carbonyl (C=O) groups excluding carboxylic acids is 1. The van der Waals surface area contributed by atoms with Crippen LogP contribution in [0.3, 0.4) is 0 Å². The van der Waals surface area contributed by atoms with E-state index in [1.165, 1.54) is 17.3 Å². The molecule has 0 aromatic heterocycles. The van der Waals surface area contributed by atoms with Crippen molar-refractivity contribution in [2.24, 2.45) is 4.99 Å². The fourth-order valence-corrected chi connectivity index (χ4v) is 2.92. The summed E-state index contributed by atoms with van der Waals surface area (Å²) in [5.74, 6) is -0.0744. The molecule has 1 heterocycles. The number of aliphatic hydroxyl groups excluding tert-OH is 1. The molecule has 2 rings (SSSR count). The summed E-state index contributed by atoms with van der Waals surface area (Å²) in [5, 5.41) is 10.5. The molecule has 1 aliphatic heterocycles. The van der Waals surface area contributed by atoms with Gasteiger partial charge in [0, 0.05) is 0 Å². The van der Waals surface area contributed by atoms with Crippen molar-refractivity contribution in [3.8, 4) is 0 Å². The van der Waals surface area contributed by atoms with E-state index in [0.717, 1.165) is 24.1 Å². The van der Waals surface area contributed by atoms with Crippen molar-refractivity contribution in [1.29, 1.82) is 0 Å². The number of aryl methyl sites for hydroxylation is 2. The number of aliphatic imine (C=N–C) groups is 1. The molecule has 0 bridgehead atoms. The third kappa shape index (κ3) is 3.91. The smallest absolute Gasteiger partial charge is 0.344 e. The first kappa shape index (κ1) is 16.6. The molecule has 118 valence electrons. The summed E-state index contributed by atoms with van der Waals surface area (Å²) in [6.45, 7) is 6.46. The van der Waals surface area contributed by atoms with E-state index in [-0.39, 0.29) is 11.3 Å². The second kappa shape index (κ2) is 7.49. The van der Waals surface area contributed by atoms with E-state index in [4.69, 9.17) is 4.74 Å². The number of thioether (sulfide) groups is 1. The van der Waals surface area contributed by atoms with Gasteiger partial charge in [-0.25, -0.2) is 9.79 Å². The Balaban J connectivity index is 2.21. The number of ether oxygens (including phenoxy) is 1. The first-order chi connectivity index (χ1) is 10.5. The van der Waals surface area contributed by atoms with Crippen molar-refractivity contribution >= 4 is 28.5 Å². The summed E-state index contributed by atoms with van der Waals surface area (Å²) < 4.78 is 5.20. The molecule has 0 aliphatic carbocycles. The van der Waals surface area contributed by atoms with Crippen molar-refractivity contribution < 1.29 is 14.6 Å². The number of nitrogens with zero attached hydrogens (tertiary/aromatic N) is 1. The van der Waals surface area contributed by atoms with Gasteiger partial charge in [-0.1, -0.05) is 31.2 Å². The Kier molecular flexibility index (Phi) is 5.66. The van der Waals surface area contributed by atoms with E-state index in [1.54, 1.807) is 0 Å². The van der Waals surface area contributed by atoms with Crippen molar-refractivity contribution in [3.05, 3.63) is 40.7 Å². The number of carbonyl (C=O) groups is 1. The predicted molar refractivity (Wildman–Crippen MR) is 91.0 cm³/mol. The maximum absolute atomic E-state index is 12.1. The van der Waals surface area contributed by atoms with Crippen LogP contribution in [0.4, 0.5) is 5.69 Å². The van der Waals surface area contributed by atoms with Crippen molar-refractivity contribution in [2.45, 2.75) is 33.6 Å². The van der Waals surface area contributed by atoms with E-state index < -0.39 is 5.97 Å². The lowest BCUT2D eigenvalue weighted by Crippen LogP contribution is -2.13. The van der Waals surface area contributed by atoms with Crippen LogP contribution in [0.2, 0.25) is 0 Å². The largest absolute Gasteiger partial charge is 0.510 e. The van der Waals surface area contributed by atoms with Gasteiger partial charge in [0.05, 0.1) is 18.0 Å². The maximum Gasteiger partial charge on any atom is 0.344 e. The van der Waals surface area contributed by atoms with Gasteiger partial charge in [-0.15, -0.1) is 0 Å². The van der Waals surface area contributed by atoms with Gasteiger partial charge >= 0.3 is 5.97 Å². The third-order valence-corrected chi connectivity index (χ3v) is 4.49. The Labute approximate surface area is 135 Å². The average molecular weight is 319 g/mol. The summed E-state index contributed by atoms with van der Waals surface area (Å²) >= 11 is 1.36. The molecule has 4 nitrogen and oxygen atoms in total. The molecule has 0 spiro atoms. The molecule has 0 saturated carbocycles. The van der Waals surface area contributed by atoms with Crippen LogP contribution in [0.1, 0.15) is 30.9 Å². The molecule has 0 atom stereocenters. The first-order valence-electron chi connectivity index (χ1n) is 7.41. The Morgan fingerprint density at radius 1 is 1.36 bits per heavy atom. The fraction of sp³-hybridized carbons (Fsp3) is 0.412. The van der Waals surface area contributed by atoms with Gasteiger partial charge in [0.1, 0.15) is 16.4 Å². The number of hydrogen-bond donors (Lipinski definition) is 1. The second-order valence-electron chi connectivity index (χ2n) is 5.29. The predicted octanol–water partition coefficient (Wildman–Crippen LogP) is 4.24. The summed E-state index contributed by atoms with van der Waals surface area (Å²) in [6, 6.07) is 5.88. The fourth-order valence-electron chi connectivity index (χ4n) is 1.99. The SMILES string of the molecule is CCCCOC(=O)C1=C(O)CSC1=Nc1ccc(C)c(C)c1. The Morgan fingerprint density at radius 3 is 2.82 bits per heavy atom. The molecule has 0 saturated heterocycles. The molecule has 0 amide bonds. The highest BCUT2D eigenvalue weighted by molar-refractivity contribution is 8.15. The molecule has 1 aliphatic rings. The van der Waals surface area contributed by atoms with Crippen LogP contribution in [0.15, 0.2) is 34.5 Å². The van der Waals surface area contributed by atoms with Gasteiger partial charge < -0.3 is 9.84 Å². The van der Waals surface area contributed by atoms with Gasteiger partial charge in [-0.3, -0.25) is 0 Å². The van der Waals surface area contributed by atoms with Crippen LogP contribution < -0.4 is 0 Å². The summed E-state index contributed by atoms with van der Waals surface area (Å²) in [7, 11) is 0. The monoisotopic (exact) mass is 319 g/mol. The quantitative estimate of drug-likeness (QED) is 0.651. The highest BCUT2D eigenvalue weighted by Gasteiger charge is 2.29. The lowest BCUT2D eigenvalue weighted by Gasteiger charge is -2.06. The maximum atomic E-state index is 12.1. The van der Waals surface area contributed by atoms with Gasteiger partial charge in [0.2, 0.25) is 0 Å². The number of hydrogen-bond acceptors (Lipinski definition) is 5. The number of benzene rings is 1. The molecule has 0 unspecified atom stereocenters. The van der Waals surface area contributed by atoms with E-state index in [2.05, 4.69) is 4.99 Å². The normalized spacial score (nSPS) is 16.4. The molecular formula is C17H21NO3S. The molecular weight excluding hydrogens is 298 g/mol. The van der Waals surface area contributed by atoms with E-state index >= 15 is 0 Å². The number of aliphatic hydroxyl groups is 1. The standard InChI is InChI=1S/C17H21NO3S/c1-4-5-8-21-17(20)15-14(19)10-22-16(15)18-13-7-6-11(2)12(3)9-13/h6-7,9,19H,4-5,8,10H2,1-3H3. The summed E-state index contributed by atoms with van der Waals surface area (Å²) in [4.78, 5) is 16.6. The number of unbranched alkanes of at least 4 members (excludes halogenated alkanes) is 1. The van der Waals surface area contributed by atoms with Crippen molar-refractivity contribution in [3.63, 3.8) is 0 Å². The van der Waals surface area contributed by atoms with Gasteiger partial charge in [0.25, 0.3) is 0 Å². The molecule has 1 N–H and O–H groups in total. The van der Waals surface area contributed by atoms with Crippen molar-refractivity contribution in [1.82, 2.24) is 0 Å². The Bertz CT molecular complexity index is 635. The first-order valence-corrected chi connectivity index (χ1v) is 8.39. The summed E-state index contributed by atoms with van der Waals surface area (Å²) in [6.07, 6.45) is 1.77. The molecule has 1 aromatic rings. The molecule has 1 aromatic carbocycles. The summed E-state index contributed by atoms with van der Waals surface area (Å²) in [5.41, 5.74) is 3.32. The number of esters is 1.